The molecule has 0 fully saturated rings. The molecule has 0 atom stereocenters. The number of nitrogens with zero attached hydrogens (tertiary/aromatic N) is 1. The van der Waals surface area contributed by atoms with E-state index in [2.05, 4.69) is 4.74 Å². The van der Waals surface area contributed by atoms with Crippen LogP contribution < -0.4 is 14.2 Å². The van der Waals surface area contributed by atoms with Crippen molar-refractivity contribution in [1.82, 2.24) is 4.90 Å². The second-order valence-electron chi connectivity index (χ2n) is 6.02. The molecule has 2 rings (SSSR count). The van der Waals surface area contributed by atoms with Crippen LogP contribution in [-0.4, -0.2) is 44.7 Å². The van der Waals surface area contributed by atoms with Crippen LogP contribution in [0.1, 0.15) is 11.1 Å². The lowest BCUT2D eigenvalue weighted by molar-refractivity contribution is -0.125. The summed E-state index contributed by atoms with van der Waals surface area (Å²) in [5, 5.41) is 0. The summed E-state index contributed by atoms with van der Waals surface area (Å²) in [6.07, 6.45) is 2.71. The Hall–Kier alpha value is -3.09. The van der Waals surface area contributed by atoms with Crippen molar-refractivity contribution < 1.29 is 27.8 Å². The highest BCUT2D eigenvalue weighted by atomic mass is 19.3. The van der Waals surface area contributed by atoms with Gasteiger partial charge in [-0.2, -0.15) is 8.78 Å². The average Bonchev–Trinajstić information content (AvgIpc) is 2.66. The van der Waals surface area contributed by atoms with Crippen LogP contribution in [0, 0.1) is 6.92 Å². The maximum atomic E-state index is 12.7. The summed E-state index contributed by atoms with van der Waals surface area (Å²) < 4.78 is 40.5. The molecule has 0 aromatic heterocycles. The number of alkyl halides is 2. The first-order chi connectivity index (χ1) is 13.4. The summed E-state index contributed by atoms with van der Waals surface area (Å²) >= 11 is 0. The lowest BCUT2D eigenvalue weighted by Gasteiger charge is -2.16. The Bertz CT molecular complexity index is 824. The molecule has 0 spiro atoms. The second-order valence-corrected chi connectivity index (χ2v) is 6.02. The molecule has 150 valence electrons. The highest BCUT2D eigenvalue weighted by molar-refractivity contribution is 5.92. The molecule has 0 saturated heterocycles. The van der Waals surface area contributed by atoms with Gasteiger partial charge in [0.25, 0.3) is 0 Å². The van der Waals surface area contributed by atoms with Crippen LogP contribution in [0.5, 0.6) is 17.2 Å². The molecule has 0 radical (unpaired) electrons. The zero-order valence-electron chi connectivity index (χ0n) is 16.0. The van der Waals surface area contributed by atoms with E-state index in [0.29, 0.717) is 18.7 Å². The Labute approximate surface area is 163 Å². The molecule has 0 N–H and O–H groups in total. The number of halogens is 2. The van der Waals surface area contributed by atoms with Crippen LogP contribution in [0.15, 0.2) is 48.5 Å². The zero-order chi connectivity index (χ0) is 20.5. The van der Waals surface area contributed by atoms with Crippen molar-refractivity contribution in [2.24, 2.45) is 0 Å². The first-order valence-electron chi connectivity index (χ1n) is 8.65. The minimum absolute atomic E-state index is 0.116. The number of methoxy groups -OCH3 is 1. The Morgan fingerprint density at radius 2 is 1.96 bits per heavy atom. The predicted molar refractivity (Wildman–Crippen MR) is 103 cm³/mol. The molecule has 7 heteroatoms. The number of aryl methyl sites for hydroxylation is 1. The van der Waals surface area contributed by atoms with Gasteiger partial charge in [0.05, 0.1) is 13.7 Å². The van der Waals surface area contributed by atoms with Crippen molar-refractivity contribution in [2.75, 3.05) is 27.3 Å². The van der Waals surface area contributed by atoms with E-state index in [1.165, 1.54) is 30.2 Å². The summed E-state index contributed by atoms with van der Waals surface area (Å²) in [7, 11) is 2.99. The smallest absolute Gasteiger partial charge is 0.387 e. The van der Waals surface area contributed by atoms with Crippen molar-refractivity contribution in [2.45, 2.75) is 13.5 Å². The van der Waals surface area contributed by atoms with E-state index >= 15 is 0 Å². The Morgan fingerprint density at radius 3 is 2.64 bits per heavy atom. The zero-order valence-corrected chi connectivity index (χ0v) is 16.0. The third kappa shape index (κ3) is 6.26. The van der Waals surface area contributed by atoms with Crippen molar-refractivity contribution in [3.8, 4) is 17.2 Å². The first-order valence-corrected chi connectivity index (χ1v) is 8.65. The summed E-state index contributed by atoms with van der Waals surface area (Å²) in [5.41, 5.74) is 1.40. The number of carbonyl (C=O) groups excluding carboxylic acids is 1. The highest BCUT2D eigenvalue weighted by Crippen LogP contribution is 2.33. The SMILES string of the molecule is COc1cccc(/C=C/C(=O)N(C)CCOc2cccc(C)c2)c1OC(F)F. The lowest BCUT2D eigenvalue weighted by atomic mass is 10.1. The molecule has 0 aliphatic heterocycles. The average molecular weight is 391 g/mol. The number of hydrogen-bond acceptors (Lipinski definition) is 4. The van der Waals surface area contributed by atoms with E-state index in [-0.39, 0.29) is 17.4 Å². The highest BCUT2D eigenvalue weighted by Gasteiger charge is 2.14. The van der Waals surface area contributed by atoms with E-state index in [4.69, 9.17) is 9.47 Å². The monoisotopic (exact) mass is 391 g/mol. The number of hydrogen-bond donors (Lipinski definition) is 0. The third-order valence-electron chi connectivity index (χ3n) is 3.90. The number of ether oxygens (including phenoxy) is 3. The number of para-hydroxylation sites is 1. The molecular formula is C21H23F2NO4. The Morgan fingerprint density at radius 1 is 1.21 bits per heavy atom. The van der Waals surface area contributed by atoms with Crippen LogP contribution in [0.2, 0.25) is 0 Å². The molecule has 1 amide bonds. The van der Waals surface area contributed by atoms with Gasteiger partial charge in [0.2, 0.25) is 5.91 Å². The fourth-order valence-corrected chi connectivity index (χ4v) is 2.44. The standard InChI is InChI=1S/C21H23F2NO4/c1-15-6-4-8-17(14-15)27-13-12-24(2)19(25)11-10-16-7-5-9-18(26-3)20(16)28-21(22)23/h4-11,14,21H,12-13H2,1-3H3/b11-10+. The van der Waals surface area contributed by atoms with Crippen molar-refractivity contribution >= 4 is 12.0 Å². The van der Waals surface area contributed by atoms with Gasteiger partial charge in [0.15, 0.2) is 11.5 Å². The van der Waals surface area contributed by atoms with E-state index < -0.39 is 6.61 Å². The predicted octanol–water partition coefficient (Wildman–Crippen LogP) is 4.16. The molecule has 2 aromatic rings. The van der Waals surface area contributed by atoms with Crippen molar-refractivity contribution in [3.63, 3.8) is 0 Å². The van der Waals surface area contributed by atoms with Crippen LogP contribution in [-0.2, 0) is 4.79 Å². The fourth-order valence-electron chi connectivity index (χ4n) is 2.44. The minimum atomic E-state index is -3.00. The van der Waals surface area contributed by atoms with E-state index in [0.717, 1.165) is 11.3 Å². The van der Waals surface area contributed by atoms with Gasteiger partial charge in [-0.1, -0.05) is 24.3 Å². The van der Waals surface area contributed by atoms with Crippen LogP contribution in [0.25, 0.3) is 6.08 Å². The van der Waals surface area contributed by atoms with Gasteiger partial charge in [-0.05, 0) is 36.8 Å². The Kier molecular flexibility index (Phi) is 7.80. The molecule has 0 aliphatic carbocycles. The quantitative estimate of drug-likeness (QED) is 0.603. The number of amides is 1. The largest absolute Gasteiger partial charge is 0.493 e. The normalized spacial score (nSPS) is 10.9. The molecule has 5 nitrogen and oxygen atoms in total. The molecular weight excluding hydrogens is 368 g/mol. The van der Waals surface area contributed by atoms with Crippen LogP contribution in [0.3, 0.4) is 0 Å². The summed E-state index contributed by atoms with van der Waals surface area (Å²) in [6, 6.07) is 12.3. The van der Waals surface area contributed by atoms with Gasteiger partial charge >= 0.3 is 6.61 Å². The molecule has 0 unspecified atom stereocenters. The molecule has 0 bridgehead atoms. The number of rotatable bonds is 9. The van der Waals surface area contributed by atoms with E-state index in [1.54, 1.807) is 19.2 Å². The Balaban J connectivity index is 1.96. The van der Waals surface area contributed by atoms with Gasteiger partial charge in [0, 0.05) is 18.7 Å². The van der Waals surface area contributed by atoms with Gasteiger partial charge in [-0.3, -0.25) is 4.79 Å². The molecule has 0 saturated carbocycles. The van der Waals surface area contributed by atoms with Crippen LogP contribution >= 0.6 is 0 Å². The number of likely N-dealkylation sites (N-methyl/N-ethyl adjacent to an activating group) is 1. The van der Waals surface area contributed by atoms with Gasteiger partial charge < -0.3 is 19.1 Å². The molecule has 2 aromatic carbocycles. The molecule has 0 aliphatic rings. The minimum Gasteiger partial charge on any atom is -0.493 e. The van der Waals surface area contributed by atoms with Gasteiger partial charge in [-0.15, -0.1) is 0 Å². The third-order valence-corrected chi connectivity index (χ3v) is 3.90. The topological polar surface area (TPSA) is 48.0 Å². The molecule has 28 heavy (non-hydrogen) atoms. The second kappa shape index (κ2) is 10.3. The van der Waals surface area contributed by atoms with Crippen LogP contribution in [0.4, 0.5) is 8.78 Å². The fraction of sp³-hybridized carbons (Fsp3) is 0.286. The van der Waals surface area contributed by atoms with E-state index in [9.17, 15) is 13.6 Å². The van der Waals surface area contributed by atoms with E-state index in [1.807, 2.05) is 31.2 Å². The lowest BCUT2D eigenvalue weighted by Crippen LogP contribution is -2.29. The summed E-state index contributed by atoms with van der Waals surface area (Å²) in [6.45, 7) is -0.327. The maximum Gasteiger partial charge on any atom is 0.387 e. The number of carbonyl (C=O) groups is 1. The van der Waals surface area contributed by atoms with Gasteiger partial charge in [-0.25, -0.2) is 0 Å². The van der Waals surface area contributed by atoms with Gasteiger partial charge in [0.1, 0.15) is 12.4 Å². The van der Waals surface area contributed by atoms with Crippen molar-refractivity contribution in [1.29, 1.82) is 0 Å². The number of benzene rings is 2. The first kappa shape index (κ1) is 21.2. The summed E-state index contributed by atoms with van der Waals surface area (Å²) in [5.74, 6) is 0.490. The molecule has 0 heterocycles. The summed E-state index contributed by atoms with van der Waals surface area (Å²) in [4.78, 5) is 13.7. The maximum absolute atomic E-state index is 12.7. The van der Waals surface area contributed by atoms with Crippen molar-refractivity contribution in [3.05, 3.63) is 59.7 Å².